The molecule has 1 saturated heterocycles. The molecular weight excluding hydrogens is 411 g/mol. The van der Waals surface area contributed by atoms with Crippen molar-refractivity contribution < 1.29 is 27.5 Å². The number of hydrogen-bond donors (Lipinski definition) is 1. The van der Waals surface area contributed by atoms with Gasteiger partial charge in [-0.05, 0) is 24.6 Å². The average Bonchev–Trinajstić information content (AvgIpc) is 2.74. The van der Waals surface area contributed by atoms with E-state index in [1.807, 2.05) is 37.3 Å². The number of para-hydroxylation sites is 2. The Morgan fingerprint density at radius 2 is 1.55 bits per heavy atom. The van der Waals surface area contributed by atoms with Crippen molar-refractivity contribution in [3.8, 4) is 5.75 Å². The molecule has 1 fully saturated rings. The first-order valence-electron chi connectivity index (χ1n) is 9.94. The summed E-state index contributed by atoms with van der Waals surface area (Å²) in [5.41, 5.74) is 1.48. The van der Waals surface area contributed by atoms with Gasteiger partial charge in [-0.25, -0.2) is 4.79 Å². The highest BCUT2D eigenvalue weighted by Gasteiger charge is 2.35. The first-order chi connectivity index (χ1) is 14.7. The molecule has 0 bridgehead atoms. The summed E-state index contributed by atoms with van der Waals surface area (Å²) >= 11 is 0. The van der Waals surface area contributed by atoms with Crippen LogP contribution >= 0.6 is 0 Å². The van der Waals surface area contributed by atoms with Crippen molar-refractivity contribution in [1.82, 2.24) is 9.80 Å². The molecule has 0 aromatic heterocycles. The fourth-order valence-corrected chi connectivity index (χ4v) is 3.29. The number of alkyl halides is 3. The zero-order chi connectivity index (χ0) is 22.4. The number of nitrogens with one attached hydrogen (secondary N) is 1. The first-order valence-corrected chi connectivity index (χ1v) is 9.94. The number of piperazine rings is 1. The Labute approximate surface area is 178 Å². The predicted octanol–water partition coefficient (Wildman–Crippen LogP) is 4.46. The largest absolute Gasteiger partial charge is 0.484 e. The molecule has 1 aliphatic rings. The molecule has 1 N–H and O–H groups in total. The molecule has 2 aromatic rings. The molecule has 3 amide bonds. The Bertz CT molecular complexity index is 898. The minimum Gasteiger partial charge on any atom is -0.484 e. The quantitative estimate of drug-likeness (QED) is 0.755. The number of anilines is 1. The summed E-state index contributed by atoms with van der Waals surface area (Å²) in [7, 11) is 0. The summed E-state index contributed by atoms with van der Waals surface area (Å²) in [4.78, 5) is 27.0. The smallest absolute Gasteiger partial charge is 0.397 e. The monoisotopic (exact) mass is 435 g/mol. The molecule has 0 radical (unpaired) electrons. The van der Waals surface area contributed by atoms with E-state index in [0.717, 1.165) is 10.5 Å². The van der Waals surface area contributed by atoms with Gasteiger partial charge in [0.25, 0.3) is 0 Å². The molecular formula is C22H24F3N3O3. The van der Waals surface area contributed by atoms with Crippen molar-refractivity contribution in [2.24, 2.45) is 0 Å². The first kappa shape index (κ1) is 22.5. The lowest BCUT2D eigenvalue weighted by Gasteiger charge is -2.35. The molecule has 1 unspecified atom stereocenters. The minimum atomic E-state index is -4.54. The van der Waals surface area contributed by atoms with E-state index in [4.69, 9.17) is 4.74 Å². The molecule has 3 rings (SSSR count). The highest BCUT2D eigenvalue weighted by Crippen LogP contribution is 2.29. The molecule has 0 spiro atoms. The van der Waals surface area contributed by atoms with E-state index in [-0.39, 0.29) is 32.3 Å². The van der Waals surface area contributed by atoms with Crippen molar-refractivity contribution in [1.29, 1.82) is 0 Å². The van der Waals surface area contributed by atoms with Crippen LogP contribution < -0.4 is 10.1 Å². The van der Waals surface area contributed by atoms with Gasteiger partial charge in [0.05, 0.1) is 5.69 Å². The highest BCUT2D eigenvalue weighted by molar-refractivity contribution is 5.91. The second kappa shape index (κ2) is 9.72. The molecule has 0 aliphatic carbocycles. The van der Waals surface area contributed by atoms with Crippen molar-refractivity contribution in [2.45, 2.75) is 25.6 Å². The summed E-state index contributed by atoms with van der Waals surface area (Å²) in [5.74, 6) is -0.465. The summed E-state index contributed by atoms with van der Waals surface area (Å²) in [6.45, 7) is 2.33. The van der Waals surface area contributed by atoms with Crippen LogP contribution in [-0.4, -0.2) is 54.1 Å². The predicted molar refractivity (Wildman–Crippen MR) is 110 cm³/mol. The van der Waals surface area contributed by atoms with Gasteiger partial charge in [0, 0.05) is 26.2 Å². The van der Waals surface area contributed by atoms with Gasteiger partial charge < -0.3 is 19.9 Å². The van der Waals surface area contributed by atoms with Gasteiger partial charge in [-0.15, -0.1) is 0 Å². The van der Waals surface area contributed by atoms with Crippen LogP contribution in [0.3, 0.4) is 0 Å². The zero-order valence-corrected chi connectivity index (χ0v) is 17.1. The third-order valence-electron chi connectivity index (χ3n) is 4.97. The number of halogens is 3. The van der Waals surface area contributed by atoms with E-state index in [1.165, 1.54) is 4.90 Å². The van der Waals surface area contributed by atoms with Gasteiger partial charge in [-0.2, -0.15) is 13.2 Å². The fourth-order valence-electron chi connectivity index (χ4n) is 3.29. The average molecular weight is 435 g/mol. The van der Waals surface area contributed by atoms with Gasteiger partial charge in [0.15, 0.2) is 0 Å². The molecule has 6 nitrogen and oxygen atoms in total. The number of nitrogens with zero attached hydrogens (tertiary/aromatic N) is 2. The number of carbonyl (C=O) groups is 2. The van der Waals surface area contributed by atoms with Gasteiger partial charge >= 0.3 is 12.2 Å². The standard InChI is InChI=1S/C22H24F3N3O3/c1-16(17-7-3-2-4-8-17)31-19-10-6-5-9-18(19)26-21(30)28-13-11-27(12-14-28)20(29)15-22(23,24)25/h2-10,16H,11-15H2,1H3,(H,26,30). The van der Waals surface area contributed by atoms with Crippen LogP contribution in [0.1, 0.15) is 25.0 Å². The lowest BCUT2D eigenvalue weighted by molar-refractivity contribution is -0.162. The molecule has 0 saturated carbocycles. The summed E-state index contributed by atoms with van der Waals surface area (Å²) in [6.07, 6.45) is -6.25. The minimum absolute atomic E-state index is 0.0610. The second-order valence-corrected chi connectivity index (χ2v) is 7.26. The Kier molecular flexibility index (Phi) is 7.04. The van der Waals surface area contributed by atoms with Gasteiger partial charge in [-0.1, -0.05) is 42.5 Å². The Morgan fingerprint density at radius 1 is 0.968 bits per heavy atom. The molecule has 1 atom stereocenters. The van der Waals surface area contributed by atoms with Crippen LogP contribution in [0.4, 0.5) is 23.7 Å². The Hall–Kier alpha value is -3.23. The lowest BCUT2D eigenvalue weighted by Crippen LogP contribution is -2.52. The third-order valence-corrected chi connectivity index (χ3v) is 4.97. The van der Waals surface area contributed by atoms with Crippen molar-refractivity contribution >= 4 is 17.6 Å². The summed E-state index contributed by atoms with van der Waals surface area (Å²) in [5, 5.41) is 2.80. The van der Waals surface area contributed by atoms with Gasteiger partial charge in [0.1, 0.15) is 18.3 Å². The SMILES string of the molecule is CC(Oc1ccccc1NC(=O)N1CCN(C(=O)CC(F)(F)F)CC1)c1ccccc1. The van der Waals surface area contributed by atoms with Crippen molar-refractivity contribution in [3.05, 3.63) is 60.2 Å². The van der Waals surface area contributed by atoms with E-state index in [1.54, 1.807) is 24.3 Å². The molecule has 166 valence electrons. The van der Waals surface area contributed by atoms with Crippen LogP contribution in [0.15, 0.2) is 54.6 Å². The number of amides is 3. The number of carbonyl (C=O) groups excluding carboxylic acids is 2. The van der Waals surface area contributed by atoms with E-state index >= 15 is 0 Å². The van der Waals surface area contributed by atoms with Crippen LogP contribution in [0.25, 0.3) is 0 Å². The van der Waals surface area contributed by atoms with Gasteiger partial charge in [0.2, 0.25) is 5.91 Å². The lowest BCUT2D eigenvalue weighted by atomic mass is 10.1. The maximum atomic E-state index is 12.7. The van der Waals surface area contributed by atoms with Crippen LogP contribution in [0, 0.1) is 0 Å². The number of urea groups is 1. The topological polar surface area (TPSA) is 61.9 Å². The van der Waals surface area contributed by atoms with E-state index in [9.17, 15) is 22.8 Å². The van der Waals surface area contributed by atoms with Crippen molar-refractivity contribution in [3.63, 3.8) is 0 Å². The van der Waals surface area contributed by atoms with E-state index in [0.29, 0.717) is 11.4 Å². The van der Waals surface area contributed by atoms with Gasteiger partial charge in [-0.3, -0.25) is 4.79 Å². The van der Waals surface area contributed by atoms with Crippen LogP contribution in [-0.2, 0) is 4.79 Å². The third kappa shape index (κ3) is 6.37. The van der Waals surface area contributed by atoms with E-state index < -0.39 is 24.5 Å². The maximum absolute atomic E-state index is 12.7. The molecule has 31 heavy (non-hydrogen) atoms. The fraction of sp³-hybridized carbons (Fsp3) is 0.364. The Morgan fingerprint density at radius 3 is 2.19 bits per heavy atom. The highest BCUT2D eigenvalue weighted by atomic mass is 19.4. The number of hydrogen-bond acceptors (Lipinski definition) is 3. The molecule has 9 heteroatoms. The van der Waals surface area contributed by atoms with E-state index in [2.05, 4.69) is 5.32 Å². The normalized spacial score (nSPS) is 15.4. The molecule has 1 heterocycles. The number of rotatable bonds is 5. The number of ether oxygens (including phenoxy) is 1. The van der Waals surface area contributed by atoms with Crippen LogP contribution in [0.2, 0.25) is 0 Å². The second-order valence-electron chi connectivity index (χ2n) is 7.26. The Balaban J connectivity index is 1.57. The summed E-state index contributed by atoms with van der Waals surface area (Å²) < 4.78 is 43.3. The van der Waals surface area contributed by atoms with Crippen molar-refractivity contribution in [2.75, 3.05) is 31.5 Å². The zero-order valence-electron chi connectivity index (χ0n) is 17.1. The summed E-state index contributed by atoms with van der Waals surface area (Å²) in [6, 6.07) is 16.3. The van der Waals surface area contributed by atoms with Crippen LogP contribution in [0.5, 0.6) is 5.75 Å². The number of benzene rings is 2. The maximum Gasteiger partial charge on any atom is 0.397 e. The molecule has 2 aromatic carbocycles. The molecule has 1 aliphatic heterocycles.